The summed E-state index contributed by atoms with van der Waals surface area (Å²) in [6.07, 6.45) is 1.82. The van der Waals surface area contributed by atoms with Crippen LogP contribution in [0, 0.1) is 0 Å². The van der Waals surface area contributed by atoms with Crippen LogP contribution in [0.4, 0.5) is 5.82 Å². The highest BCUT2D eigenvalue weighted by Gasteiger charge is 2.10. The van der Waals surface area contributed by atoms with Crippen molar-refractivity contribution in [2.24, 2.45) is 0 Å². The summed E-state index contributed by atoms with van der Waals surface area (Å²) >= 11 is 6.03. The van der Waals surface area contributed by atoms with Gasteiger partial charge >= 0.3 is 0 Å². The van der Waals surface area contributed by atoms with E-state index >= 15 is 0 Å². The van der Waals surface area contributed by atoms with E-state index < -0.39 is 0 Å². The fourth-order valence-corrected chi connectivity index (χ4v) is 1.72. The van der Waals surface area contributed by atoms with Crippen LogP contribution in [0.1, 0.15) is 5.69 Å². The Morgan fingerprint density at radius 2 is 2.29 bits per heavy atom. The molecule has 2 aromatic rings. The number of ether oxygens (including phenoxy) is 2. The molecule has 5 nitrogen and oxygen atoms in total. The predicted octanol–water partition coefficient (Wildman–Crippen LogP) is 1.73. The van der Waals surface area contributed by atoms with Gasteiger partial charge in [-0.15, -0.1) is 0 Å². The molecule has 0 fully saturated rings. The topological polar surface area (TPSA) is 61.8 Å². The number of nitrogen functional groups attached to an aromatic ring is 1. The molecule has 17 heavy (non-hydrogen) atoms. The van der Waals surface area contributed by atoms with Crippen molar-refractivity contribution < 1.29 is 9.47 Å². The number of aromatic nitrogens is 2. The Kier molecular flexibility index (Phi) is 3.83. The number of hydrogen-bond donors (Lipinski definition) is 1. The Bertz CT molecular complexity index is 513. The summed E-state index contributed by atoms with van der Waals surface area (Å²) in [4.78, 5) is 4.35. The minimum Gasteiger partial charge on any atom is -0.383 e. The van der Waals surface area contributed by atoms with Gasteiger partial charge in [0.25, 0.3) is 0 Å². The fraction of sp³-hybridized carbons (Fsp3) is 0.364. The van der Waals surface area contributed by atoms with Crippen molar-refractivity contribution in [2.75, 3.05) is 26.1 Å². The average Bonchev–Trinajstić information content (AvgIpc) is 2.65. The Balaban J connectivity index is 2.18. The Morgan fingerprint density at radius 1 is 1.47 bits per heavy atom. The molecule has 0 unspecified atom stereocenters. The van der Waals surface area contributed by atoms with E-state index in [9.17, 15) is 0 Å². The van der Waals surface area contributed by atoms with Crippen molar-refractivity contribution in [1.82, 2.24) is 9.38 Å². The molecule has 0 aliphatic carbocycles. The van der Waals surface area contributed by atoms with Crippen LogP contribution in [0.15, 0.2) is 18.3 Å². The number of imidazole rings is 1. The lowest BCUT2D eigenvalue weighted by Crippen LogP contribution is -2.04. The minimum absolute atomic E-state index is 0.354. The first-order chi connectivity index (χ1) is 8.24. The van der Waals surface area contributed by atoms with Crippen LogP contribution < -0.4 is 5.73 Å². The van der Waals surface area contributed by atoms with Gasteiger partial charge in [-0.3, -0.25) is 4.40 Å². The van der Waals surface area contributed by atoms with Crippen LogP contribution in [0.25, 0.3) is 5.65 Å². The van der Waals surface area contributed by atoms with E-state index in [4.69, 9.17) is 26.8 Å². The van der Waals surface area contributed by atoms with E-state index in [1.807, 2.05) is 12.3 Å². The molecule has 0 saturated carbocycles. The third kappa shape index (κ3) is 2.52. The molecular weight excluding hydrogens is 242 g/mol. The first-order valence-corrected chi connectivity index (χ1v) is 5.59. The van der Waals surface area contributed by atoms with Gasteiger partial charge in [0.1, 0.15) is 11.5 Å². The van der Waals surface area contributed by atoms with Gasteiger partial charge < -0.3 is 15.2 Å². The molecule has 0 atom stereocenters. The Labute approximate surface area is 104 Å². The summed E-state index contributed by atoms with van der Waals surface area (Å²) in [6, 6.07) is 3.60. The van der Waals surface area contributed by atoms with Gasteiger partial charge in [0.05, 0.1) is 24.8 Å². The van der Waals surface area contributed by atoms with Crippen molar-refractivity contribution in [3.05, 3.63) is 29.0 Å². The van der Waals surface area contributed by atoms with Gasteiger partial charge in [-0.25, -0.2) is 4.98 Å². The monoisotopic (exact) mass is 255 g/mol. The number of nitrogens with zero attached hydrogens (tertiary/aromatic N) is 2. The number of anilines is 1. The molecule has 0 saturated heterocycles. The zero-order chi connectivity index (χ0) is 12.3. The molecule has 2 heterocycles. The summed E-state index contributed by atoms with van der Waals surface area (Å²) in [5.41, 5.74) is 7.29. The second-order valence-electron chi connectivity index (χ2n) is 3.54. The second-order valence-corrected chi connectivity index (χ2v) is 3.95. The zero-order valence-corrected chi connectivity index (χ0v) is 10.3. The molecular formula is C11H14ClN3O2. The average molecular weight is 256 g/mol. The summed E-state index contributed by atoms with van der Waals surface area (Å²) in [7, 11) is 1.63. The predicted molar refractivity (Wildman–Crippen MR) is 66.1 cm³/mol. The number of rotatable bonds is 5. The van der Waals surface area contributed by atoms with Gasteiger partial charge in [-0.2, -0.15) is 0 Å². The van der Waals surface area contributed by atoms with Crippen molar-refractivity contribution in [1.29, 1.82) is 0 Å². The van der Waals surface area contributed by atoms with E-state index in [0.717, 1.165) is 0 Å². The second kappa shape index (κ2) is 5.35. The van der Waals surface area contributed by atoms with Crippen LogP contribution in [0.2, 0.25) is 5.02 Å². The van der Waals surface area contributed by atoms with Gasteiger partial charge in [0.2, 0.25) is 0 Å². The highest BCUT2D eigenvalue weighted by molar-refractivity contribution is 6.33. The highest BCUT2D eigenvalue weighted by atomic mass is 35.5. The molecule has 2 N–H and O–H groups in total. The molecule has 0 aromatic carbocycles. The molecule has 0 radical (unpaired) electrons. The molecule has 0 aliphatic rings. The van der Waals surface area contributed by atoms with E-state index in [1.54, 1.807) is 17.6 Å². The largest absolute Gasteiger partial charge is 0.383 e. The summed E-state index contributed by atoms with van der Waals surface area (Å²) in [5.74, 6) is 0.555. The van der Waals surface area contributed by atoms with Crippen LogP contribution in [-0.2, 0) is 16.1 Å². The lowest BCUT2D eigenvalue weighted by molar-refractivity contribution is 0.0606. The number of halogens is 1. The van der Waals surface area contributed by atoms with Gasteiger partial charge in [-0.1, -0.05) is 11.6 Å². The van der Waals surface area contributed by atoms with E-state index in [-0.39, 0.29) is 0 Å². The van der Waals surface area contributed by atoms with Crippen LogP contribution in [0.5, 0.6) is 0 Å². The lowest BCUT2D eigenvalue weighted by atomic mass is 10.4. The first kappa shape index (κ1) is 12.2. The third-order valence-electron chi connectivity index (χ3n) is 2.39. The summed E-state index contributed by atoms with van der Waals surface area (Å²) < 4.78 is 12.0. The molecule has 2 rings (SSSR count). The SMILES string of the molecule is COCCOCc1nc2c(Cl)cccn2c1N. The van der Waals surface area contributed by atoms with Crippen molar-refractivity contribution in [3.8, 4) is 0 Å². The van der Waals surface area contributed by atoms with Gasteiger partial charge in [0.15, 0.2) is 5.65 Å². The number of pyridine rings is 1. The number of methoxy groups -OCH3 is 1. The summed E-state index contributed by atoms with van der Waals surface area (Å²) in [5, 5.41) is 0.572. The van der Waals surface area contributed by atoms with E-state index in [1.165, 1.54) is 0 Å². The molecule has 6 heteroatoms. The zero-order valence-electron chi connectivity index (χ0n) is 9.52. The normalized spacial score (nSPS) is 11.2. The molecule has 92 valence electrons. The van der Waals surface area contributed by atoms with Crippen molar-refractivity contribution in [3.63, 3.8) is 0 Å². The quantitative estimate of drug-likeness (QED) is 0.827. The molecule has 0 aliphatic heterocycles. The van der Waals surface area contributed by atoms with Gasteiger partial charge in [0, 0.05) is 13.3 Å². The van der Waals surface area contributed by atoms with Crippen molar-refractivity contribution in [2.45, 2.75) is 6.61 Å². The molecule has 0 amide bonds. The van der Waals surface area contributed by atoms with E-state index in [2.05, 4.69) is 4.98 Å². The van der Waals surface area contributed by atoms with Gasteiger partial charge in [-0.05, 0) is 12.1 Å². The Hall–Kier alpha value is -1.30. The number of nitrogens with two attached hydrogens (primary N) is 1. The van der Waals surface area contributed by atoms with Crippen LogP contribution in [-0.4, -0.2) is 29.7 Å². The summed E-state index contributed by atoms with van der Waals surface area (Å²) in [6.45, 7) is 1.42. The lowest BCUT2D eigenvalue weighted by Gasteiger charge is -2.01. The van der Waals surface area contributed by atoms with Crippen LogP contribution in [0.3, 0.4) is 0 Å². The van der Waals surface area contributed by atoms with Crippen molar-refractivity contribution >= 4 is 23.1 Å². The number of fused-ring (bicyclic) bond motifs is 1. The third-order valence-corrected chi connectivity index (χ3v) is 2.68. The maximum absolute atomic E-state index is 6.03. The maximum Gasteiger partial charge on any atom is 0.157 e. The fourth-order valence-electron chi connectivity index (χ4n) is 1.52. The molecule has 2 aromatic heterocycles. The maximum atomic E-state index is 6.03. The minimum atomic E-state index is 0.354. The smallest absolute Gasteiger partial charge is 0.157 e. The number of hydrogen-bond acceptors (Lipinski definition) is 4. The molecule has 0 bridgehead atoms. The van der Waals surface area contributed by atoms with Crippen LogP contribution >= 0.6 is 11.6 Å². The molecule has 0 spiro atoms. The highest BCUT2D eigenvalue weighted by Crippen LogP contribution is 2.21. The first-order valence-electron chi connectivity index (χ1n) is 5.21. The standard InChI is InChI=1S/C11H14ClN3O2/c1-16-5-6-17-7-9-10(13)15-4-2-3-8(12)11(15)14-9/h2-4H,5-7,13H2,1H3. The van der Waals surface area contributed by atoms with E-state index in [0.29, 0.717) is 42.0 Å². The Morgan fingerprint density at radius 3 is 3.00 bits per heavy atom.